The molecule has 0 bridgehead atoms. The van der Waals surface area contributed by atoms with Crippen molar-refractivity contribution in [3.8, 4) is 17.0 Å². The highest BCUT2D eigenvalue weighted by Gasteiger charge is 2.19. The fourth-order valence-electron chi connectivity index (χ4n) is 2.82. The van der Waals surface area contributed by atoms with Gasteiger partial charge in [0, 0.05) is 23.6 Å². The lowest BCUT2D eigenvalue weighted by atomic mass is 10.0. The fraction of sp³-hybridized carbons (Fsp3) is 0.238. The van der Waals surface area contributed by atoms with Crippen molar-refractivity contribution in [2.75, 3.05) is 19.1 Å². The van der Waals surface area contributed by atoms with Gasteiger partial charge < -0.3 is 4.74 Å². The molecular weight excluding hydrogens is 344 g/mol. The molecular formula is C21H22N2O2S. The summed E-state index contributed by atoms with van der Waals surface area (Å²) in [5, 5.41) is 2.64. The van der Waals surface area contributed by atoms with Gasteiger partial charge in [0.2, 0.25) is 0 Å². The molecule has 0 atom stereocenters. The van der Waals surface area contributed by atoms with E-state index in [0.29, 0.717) is 10.7 Å². The minimum Gasteiger partial charge on any atom is -0.496 e. The number of anilines is 1. The van der Waals surface area contributed by atoms with Crippen LogP contribution in [-0.4, -0.2) is 25.0 Å². The van der Waals surface area contributed by atoms with Gasteiger partial charge in [-0.25, -0.2) is 4.98 Å². The Kier molecular flexibility index (Phi) is 5.09. The van der Waals surface area contributed by atoms with E-state index in [1.807, 2.05) is 49.6 Å². The predicted molar refractivity (Wildman–Crippen MR) is 107 cm³/mol. The van der Waals surface area contributed by atoms with E-state index in [0.717, 1.165) is 33.7 Å². The van der Waals surface area contributed by atoms with Crippen molar-refractivity contribution in [1.29, 1.82) is 0 Å². The average molecular weight is 366 g/mol. The third kappa shape index (κ3) is 3.35. The molecule has 26 heavy (non-hydrogen) atoms. The lowest BCUT2D eigenvalue weighted by molar-refractivity contribution is 0.0992. The molecule has 4 nitrogen and oxygen atoms in total. The van der Waals surface area contributed by atoms with E-state index in [-0.39, 0.29) is 5.91 Å². The first-order valence-electron chi connectivity index (χ1n) is 8.37. The molecule has 134 valence electrons. The standard InChI is InChI=1S/C21H22N2O2S/c1-13-8-6-7-9-17(13)20(24)23(4)21-22-18(12-26-21)16-10-14(2)15(3)19(11-16)25-5/h6-12H,1-5H3. The highest BCUT2D eigenvalue weighted by Crippen LogP contribution is 2.32. The van der Waals surface area contributed by atoms with Crippen LogP contribution in [0.5, 0.6) is 5.75 Å². The van der Waals surface area contributed by atoms with Gasteiger partial charge in [-0.2, -0.15) is 0 Å². The van der Waals surface area contributed by atoms with E-state index in [1.165, 1.54) is 11.3 Å². The smallest absolute Gasteiger partial charge is 0.260 e. The molecule has 5 heteroatoms. The van der Waals surface area contributed by atoms with Gasteiger partial charge in [0.25, 0.3) is 5.91 Å². The van der Waals surface area contributed by atoms with Crippen LogP contribution in [0.3, 0.4) is 0 Å². The number of nitrogens with zero attached hydrogens (tertiary/aromatic N) is 2. The summed E-state index contributed by atoms with van der Waals surface area (Å²) in [5.74, 6) is 0.792. The highest BCUT2D eigenvalue weighted by molar-refractivity contribution is 7.14. The first kappa shape index (κ1) is 18.1. The zero-order valence-electron chi connectivity index (χ0n) is 15.7. The Morgan fingerprint density at radius 3 is 2.54 bits per heavy atom. The largest absolute Gasteiger partial charge is 0.496 e. The molecule has 2 aromatic carbocycles. The number of hydrogen-bond acceptors (Lipinski definition) is 4. The lowest BCUT2D eigenvalue weighted by Gasteiger charge is -2.15. The zero-order valence-corrected chi connectivity index (χ0v) is 16.5. The van der Waals surface area contributed by atoms with E-state index in [1.54, 1.807) is 19.1 Å². The summed E-state index contributed by atoms with van der Waals surface area (Å²) in [4.78, 5) is 19.1. The number of benzene rings is 2. The number of aryl methyl sites for hydroxylation is 2. The van der Waals surface area contributed by atoms with Crippen molar-refractivity contribution in [3.05, 3.63) is 64.0 Å². The zero-order chi connectivity index (χ0) is 18.8. The fourth-order valence-corrected chi connectivity index (χ4v) is 3.62. The number of methoxy groups -OCH3 is 1. The molecule has 0 saturated carbocycles. The van der Waals surface area contributed by atoms with Crippen molar-refractivity contribution >= 4 is 22.4 Å². The van der Waals surface area contributed by atoms with E-state index >= 15 is 0 Å². The molecule has 0 fully saturated rings. The number of aromatic nitrogens is 1. The van der Waals surface area contributed by atoms with Crippen LogP contribution in [0.15, 0.2) is 41.8 Å². The Balaban J connectivity index is 1.92. The normalized spacial score (nSPS) is 10.7. The Hall–Kier alpha value is -2.66. The topological polar surface area (TPSA) is 42.4 Å². The quantitative estimate of drug-likeness (QED) is 0.651. The minimum atomic E-state index is -0.0540. The van der Waals surface area contributed by atoms with E-state index < -0.39 is 0 Å². The van der Waals surface area contributed by atoms with Crippen molar-refractivity contribution in [2.24, 2.45) is 0 Å². The van der Waals surface area contributed by atoms with Gasteiger partial charge in [0.1, 0.15) is 5.75 Å². The number of ether oxygens (including phenoxy) is 1. The second-order valence-corrected chi connectivity index (χ2v) is 7.15. The highest BCUT2D eigenvalue weighted by atomic mass is 32.1. The van der Waals surface area contributed by atoms with Crippen LogP contribution in [0.1, 0.15) is 27.0 Å². The summed E-state index contributed by atoms with van der Waals surface area (Å²) >= 11 is 1.46. The van der Waals surface area contributed by atoms with Crippen LogP contribution in [-0.2, 0) is 0 Å². The summed E-state index contributed by atoms with van der Waals surface area (Å²) in [6, 6.07) is 11.7. The monoisotopic (exact) mass is 366 g/mol. The van der Waals surface area contributed by atoms with Crippen LogP contribution >= 0.6 is 11.3 Å². The van der Waals surface area contributed by atoms with Crippen LogP contribution in [0.25, 0.3) is 11.3 Å². The molecule has 0 spiro atoms. The third-order valence-corrected chi connectivity index (χ3v) is 5.51. The number of amides is 1. The van der Waals surface area contributed by atoms with Crippen LogP contribution < -0.4 is 9.64 Å². The SMILES string of the molecule is COc1cc(-c2csc(N(C)C(=O)c3ccccc3C)n2)cc(C)c1C. The first-order chi connectivity index (χ1) is 12.4. The summed E-state index contributed by atoms with van der Waals surface area (Å²) in [6.07, 6.45) is 0. The molecule has 1 amide bonds. The first-order valence-corrected chi connectivity index (χ1v) is 9.25. The van der Waals surface area contributed by atoms with E-state index in [4.69, 9.17) is 4.74 Å². The number of carbonyl (C=O) groups excluding carboxylic acids is 1. The lowest BCUT2D eigenvalue weighted by Crippen LogP contribution is -2.26. The van der Waals surface area contributed by atoms with E-state index in [2.05, 4.69) is 18.0 Å². The van der Waals surface area contributed by atoms with Gasteiger partial charge >= 0.3 is 0 Å². The van der Waals surface area contributed by atoms with Crippen molar-refractivity contribution in [2.45, 2.75) is 20.8 Å². The molecule has 3 rings (SSSR count). The molecule has 1 aromatic heterocycles. The van der Waals surface area contributed by atoms with Crippen molar-refractivity contribution in [1.82, 2.24) is 4.98 Å². The molecule has 0 N–H and O–H groups in total. The molecule has 0 unspecified atom stereocenters. The summed E-state index contributed by atoms with van der Waals surface area (Å²) in [7, 11) is 3.44. The second kappa shape index (κ2) is 7.30. The van der Waals surface area contributed by atoms with E-state index in [9.17, 15) is 4.79 Å². The predicted octanol–water partition coefficient (Wildman–Crippen LogP) is 5.02. The maximum atomic E-state index is 12.8. The van der Waals surface area contributed by atoms with Crippen LogP contribution in [0.2, 0.25) is 0 Å². The Bertz CT molecular complexity index is 962. The van der Waals surface area contributed by atoms with Gasteiger partial charge in [-0.15, -0.1) is 11.3 Å². The Labute approximate surface area is 158 Å². The molecule has 0 aliphatic heterocycles. The molecule has 0 aliphatic rings. The number of carbonyl (C=O) groups is 1. The van der Waals surface area contributed by atoms with Gasteiger partial charge in [-0.3, -0.25) is 9.69 Å². The molecule has 1 heterocycles. The van der Waals surface area contributed by atoms with Crippen molar-refractivity contribution < 1.29 is 9.53 Å². The maximum absolute atomic E-state index is 12.8. The second-order valence-electron chi connectivity index (χ2n) is 6.31. The van der Waals surface area contributed by atoms with Gasteiger partial charge in [-0.1, -0.05) is 18.2 Å². The van der Waals surface area contributed by atoms with Crippen molar-refractivity contribution in [3.63, 3.8) is 0 Å². The summed E-state index contributed by atoms with van der Waals surface area (Å²) < 4.78 is 5.46. The third-order valence-electron chi connectivity index (χ3n) is 4.59. The maximum Gasteiger partial charge on any atom is 0.260 e. The Morgan fingerprint density at radius 1 is 1.12 bits per heavy atom. The molecule has 0 radical (unpaired) electrons. The van der Waals surface area contributed by atoms with Gasteiger partial charge in [0.15, 0.2) is 5.13 Å². The number of rotatable bonds is 4. The molecule has 0 aliphatic carbocycles. The molecule has 0 saturated heterocycles. The van der Waals surface area contributed by atoms with Crippen LogP contribution in [0.4, 0.5) is 5.13 Å². The van der Waals surface area contributed by atoms with Crippen LogP contribution in [0, 0.1) is 20.8 Å². The Morgan fingerprint density at radius 2 is 1.85 bits per heavy atom. The summed E-state index contributed by atoms with van der Waals surface area (Å²) in [6.45, 7) is 6.04. The summed E-state index contributed by atoms with van der Waals surface area (Å²) in [5.41, 5.74) is 5.76. The number of hydrogen-bond donors (Lipinski definition) is 0. The number of thiazole rings is 1. The average Bonchev–Trinajstić information content (AvgIpc) is 3.13. The van der Waals surface area contributed by atoms with Gasteiger partial charge in [0.05, 0.1) is 12.8 Å². The molecule has 3 aromatic rings. The minimum absolute atomic E-state index is 0.0540. The van der Waals surface area contributed by atoms with Gasteiger partial charge in [-0.05, 0) is 55.7 Å².